The van der Waals surface area contributed by atoms with Crippen molar-refractivity contribution in [1.29, 1.82) is 0 Å². The summed E-state index contributed by atoms with van der Waals surface area (Å²) in [6.45, 7) is 10.8. The lowest BCUT2D eigenvalue weighted by atomic mass is 9.94. The number of hydrogen-bond acceptors (Lipinski definition) is 2. The second-order valence-electron chi connectivity index (χ2n) is 4.63. The highest BCUT2D eigenvalue weighted by Gasteiger charge is 2.08. The van der Waals surface area contributed by atoms with Crippen LogP contribution in [-0.4, -0.2) is 19.1 Å². The van der Waals surface area contributed by atoms with Crippen LogP contribution in [0.15, 0.2) is 0 Å². The van der Waals surface area contributed by atoms with Gasteiger partial charge in [-0.3, -0.25) is 0 Å². The predicted molar refractivity (Wildman–Crippen MR) is 59.8 cm³/mol. The molecule has 1 atom stereocenters. The van der Waals surface area contributed by atoms with Gasteiger partial charge in [0.1, 0.15) is 0 Å². The average molecular weight is 186 g/mol. The minimum atomic E-state index is 0.595. The van der Waals surface area contributed by atoms with Gasteiger partial charge in [-0.2, -0.15) is 0 Å². The molecule has 3 N–H and O–H groups in total. The lowest BCUT2D eigenvalue weighted by Gasteiger charge is -2.18. The molecule has 0 rings (SSSR count). The molecule has 2 nitrogen and oxygen atoms in total. The summed E-state index contributed by atoms with van der Waals surface area (Å²) >= 11 is 0. The van der Waals surface area contributed by atoms with Crippen molar-refractivity contribution >= 4 is 0 Å². The van der Waals surface area contributed by atoms with Crippen molar-refractivity contribution in [3.05, 3.63) is 0 Å². The molecule has 0 aromatic rings. The molecule has 0 amide bonds. The number of nitrogens with one attached hydrogen (secondary N) is 1. The Morgan fingerprint density at radius 3 is 2.15 bits per heavy atom. The summed E-state index contributed by atoms with van der Waals surface area (Å²) in [5, 5.41) is 3.43. The normalized spacial score (nSPS) is 14.1. The van der Waals surface area contributed by atoms with Gasteiger partial charge in [-0.1, -0.05) is 27.7 Å². The standard InChI is InChI=1S/C11H26N2/c1-9(2)7-11(8-12)5-6-13-10(3)4/h9-11,13H,5-8,12H2,1-4H3. The van der Waals surface area contributed by atoms with Gasteiger partial charge < -0.3 is 11.1 Å². The topological polar surface area (TPSA) is 38.0 Å². The van der Waals surface area contributed by atoms with Crippen molar-refractivity contribution < 1.29 is 0 Å². The maximum absolute atomic E-state index is 5.71. The fourth-order valence-corrected chi connectivity index (χ4v) is 1.57. The summed E-state index contributed by atoms with van der Waals surface area (Å²) < 4.78 is 0. The molecule has 2 heteroatoms. The Kier molecular flexibility index (Phi) is 7.29. The first kappa shape index (κ1) is 12.9. The summed E-state index contributed by atoms with van der Waals surface area (Å²) in [4.78, 5) is 0. The molecule has 80 valence electrons. The second kappa shape index (κ2) is 7.34. The zero-order valence-corrected chi connectivity index (χ0v) is 9.64. The predicted octanol–water partition coefficient (Wildman–Crippen LogP) is 2.00. The summed E-state index contributed by atoms with van der Waals surface area (Å²) in [5.41, 5.74) is 5.71. The van der Waals surface area contributed by atoms with Crippen LogP contribution in [0.1, 0.15) is 40.5 Å². The molecular weight excluding hydrogens is 160 g/mol. The van der Waals surface area contributed by atoms with E-state index in [9.17, 15) is 0 Å². The molecule has 1 unspecified atom stereocenters. The Labute approximate surface area is 83.3 Å². The monoisotopic (exact) mass is 186 g/mol. The maximum Gasteiger partial charge on any atom is 0.00103 e. The van der Waals surface area contributed by atoms with Gasteiger partial charge >= 0.3 is 0 Å². The zero-order valence-electron chi connectivity index (χ0n) is 9.64. The first-order valence-electron chi connectivity index (χ1n) is 5.49. The van der Waals surface area contributed by atoms with Crippen LogP contribution < -0.4 is 11.1 Å². The van der Waals surface area contributed by atoms with E-state index >= 15 is 0 Å². The third-order valence-electron chi connectivity index (χ3n) is 2.24. The molecule has 0 bridgehead atoms. The van der Waals surface area contributed by atoms with Crippen LogP contribution in [0, 0.1) is 11.8 Å². The lowest BCUT2D eigenvalue weighted by molar-refractivity contribution is 0.380. The Hall–Kier alpha value is -0.0800. The van der Waals surface area contributed by atoms with Gasteiger partial charge in [-0.05, 0) is 37.8 Å². The first-order valence-corrected chi connectivity index (χ1v) is 5.49. The molecule has 0 aromatic carbocycles. The van der Waals surface area contributed by atoms with E-state index in [4.69, 9.17) is 5.73 Å². The van der Waals surface area contributed by atoms with Crippen molar-refractivity contribution in [2.45, 2.75) is 46.6 Å². The molecule has 0 aliphatic carbocycles. The second-order valence-corrected chi connectivity index (χ2v) is 4.63. The fraction of sp³-hybridized carbons (Fsp3) is 1.00. The average Bonchev–Trinajstić information content (AvgIpc) is 2.01. The molecule has 0 saturated heterocycles. The molecule has 0 saturated carbocycles. The third kappa shape index (κ3) is 8.26. The van der Waals surface area contributed by atoms with Crippen LogP contribution in [0.25, 0.3) is 0 Å². The van der Waals surface area contributed by atoms with E-state index in [1.165, 1.54) is 12.8 Å². The van der Waals surface area contributed by atoms with Crippen molar-refractivity contribution in [3.63, 3.8) is 0 Å². The number of rotatable bonds is 7. The molecule has 0 spiro atoms. The van der Waals surface area contributed by atoms with Crippen molar-refractivity contribution in [1.82, 2.24) is 5.32 Å². The highest BCUT2D eigenvalue weighted by atomic mass is 14.9. The summed E-state index contributed by atoms with van der Waals surface area (Å²) in [6.07, 6.45) is 2.48. The van der Waals surface area contributed by atoms with Gasteiger partial charge in [0, 0.05) is 6.04 Å². The summed E-state index contributed by atoms with van der Waals surface area (Å²) in [5.74, 6) is 1.47. The molecule has 0 aromatic heterocycles. The van der Waals surface area contributed by atoms with E-state index in [0.29, 0.717) is 12.0 Å². The van der Waals surface area contributed by atoms with E-state index in [1.807, 2.05) is 0 Å². The molecule has 0 aliphatic heterocycles. The minimum Gasteiger partial charge on any atom is -0.330 e. The molecule has 0 heterocycles. The summed E-state index contributed by atoms with van der Waals surface area (Å²) in [6, 6.07) is 0.595. The van der Waals surface area contributed by atoms with Crippen LogP contribution in [0.3, 0.4) is 0 Å². The van der Waals surface area contributed by atoms with Crippen molar-refractivity contribution in [2.75, 3.05) is 13.1 Å². The van der Waals surface area contributed by atoms with Gasteiger partial charge in [0.15, 0.2) is 0 Å². The highest BCUT2D eigenvalue weighted by Crippen LogP contribution is 2.13. The van der Waals surface area contributed by atoms with E-state index in [2.05, 4.69) is 33.0 Å². The molecule has 0 radical (unpaired) electrons. The zero-order chi connectivity index (χ0) is 10.3. The van der Waals surface area contributed by atoms with Crippen LogP contribution >= 0.6 is 0 Å². The van der Waals surface area contributed by atoms with Gasteiger partial charge in [0.05, 0.1) is 0 Å². The molecule has 13 heavy (non-hydrogen) atoms. The minimum absolute atomic E-state index is 0.595. The van der Waals surface area contributed by atoms with Crippen molar-refractivity contribution in [2.24, 2.45) is 17.6 Å². The molecule has 0 fully saturated rings. The van der Waals surface area contributed by atoms with E-state index in [-0.39, 0.29) is 0 Å². The fourth-order valence-electron chi connectivity index (χ4n) is 1.57. The molecule has 0 aliphatic rings. The Morgan fingerprint density at radius 2 is 1.77 bits per heavy atom. The largest absolute Gasteiger partial charge is 0.330 e. The first-order chi connectivity index (χ1) is 6.06. The van der Waals surface area contributed by atoms with Crippen LogP contribution in [0.5, 0.6) is 0 Å². The van der Waals surface area contributed by atoms with Crippen LogP contribution in [0.2, 0.25) is 0 Å². The van der Waals surface area contributed by atoms with E-state index in [1.54, 1.807) is 0 Å². The Morgan fingerprint density at radius 1 is 1.15 bits per heavy atom. The maximum atomic E-state index is 5.71. The van der Waals surface area contributed by atoms with Gasteiger partial charge in [-0.15, -0.1) is 0 Å². The highest BCUT2D eigenvalue weighted by molar-refractivity contribution is 4.64. The Balaban J connectivity index is 3.48. The Bertz CT molecular complexity index is 111. The third-order valence-corrected chi connectivity index (χ3v) is 2.24. The van der Waals surface area contributed by atoms with E-state index < -0.39 is 0 Å². The van der Waals surface area contributed by atoms with Crippen LogP contribution in [-0.2, 0) is 0 Å². The number of hydrogen-bond donors (Lipinski definition) is 2. The van der Waals surface area contributed by atoms with Crippen molar-refractivity contribution in [3.8, 4) is 0 Å². The summed E-state index contributed by atoms with van der Waals surface area (Å²) in [7, 11) is 0. The van der Waals surface area contributed by atoms with Crippen LogP contribution in [0.4, 0.5) is 0 Å². The SMILES string of the molecule is CC(C)CC(CN)CCNC(C)C. The quantitative estimate of drug-likeness (QED) is 0.638. The van der Waals surface area contributed by atoms with E-state index in [0.717, 1.165) is 19.0 Å². The molecular formula is C11H26N2. The van der Waals surface area contributed by atoms with Gasteiger partial charge in [-0.25, -0.2) is 0 Å². The lowest BCUT2D eigenvalue weighted by Crippen LogP contribution is -2.27. The van der Waals surface area contributed by atoms with Gasteiger partial charge in [0.2, 0.25) is 0 Å². The smallest absolute Gasteiger partial charge is 0.00103 e. The van der Waals surface area contributed by atoms with Gasteiger partial charge in [0.25, 0.3) is 0 Å². The number of nitrogens with two attached hydrogens (primary N) is 1.